The molecule has 0 heterocycles. The molecule has 0 saturated carbocycles. The number of benzene rings is 1. The van der Waals surface area contributed by atoms with Gasteiger partial charge in [-0.3, -0.25) is 9.69 Å². The summed E-state index contributed by atoms with van der Waals surface area (Å²) in [6, 6.07) is 7.51. The van der Waals surface area contributed by atoms with E-state index in [1.165, 1.54) is 0 Å². The minimum atomic E-state index is -0.0333. The Bertz CT molecular complexity index is 357. The largest absolute Gasteiger partial charge is 0.329 e. The van der Waals surface area contributed by atoms with Crippen LogP contribution in [-0.2, 0) is 4.79 Å². The Morgan fingerprint density at radius 2 is 2.31 bits per heavy atom. The molecule has 1 aromatic carbocycles. The number of halogens is 1. The smallest absolute Gasteiger partial charge is 0.238 e. The molecule has 0 spiro atoms. The van der Waals surface area contributed by atoms with Gasteiger partial charge in [-0.05, 0) is 25.2 Å². The molecule has 0 atom stereocenters. The van der Waals surface area contributed by atoms with E-state index in [4.69, 9.17) is 5.73 Å². The Morgan fingerprint density at radius 3 is 2.94 bits per heavy atom. The first-order valence-electron chi connectivity index (χ1n) is 5.06. The molecule has 0 fully saturated rings. The molecule has 0 radical (unpaired) electrons. The fourth-order valence-corrected chi connectivity index (χ4v) is 1.71. The number of carbonyl (C=O) groups is 1. The molecule has 0 saturated heterocycles. The Hall–Kier alpha value is -0.910. The SMILES string of the molecule is CN(CCN)CC(=O)Nc1cccc(Br)c1. The van der Waals surface area contributed by atoms with Gasteiger partial charge in [0.1, 0.15) is 0 Å². The normalized spacial score (nSPS) is 10.5. The van der Waals surface area contributed by atoms with Crippen molar-refractivity contribution in [1.29, 1.82) is 0 Å². The van der Waals surface area contributed by atoms with Gasteiger partial charge >= 0.3 is 0 Å². The minimum absolute atomic E-state index is 0.0333. The first-order valence-corrected chi connectivity index (χ1v) is 5.85. The van der Waals surface area contributed by atoms with Gasteiger partial charge < -0.3 is 11.1 Å². The molecule has 0 aliphatic rings. The number of amides is 1. The first kappa shape index (κ1) is 13.2. The monoisotopic (exact) mass is 285 g/mol. The van der Waals surface area contributed by atoms with E-state index in [1.54, 1.807) is 0 Å². The predicted octanol–water partition coefficient (Wildman–Crippen LogP) is 1.28. The number of nitrogens with two attached hydrogens (primary N) is 1. The van der Waals surface area contributed by atoms with Crippen LogP contribution in [0.25, 0.3) is 0 Å². The summed E-state index contributed by atoms with van der Waals surface area (Å²) in [4.78, 5) is 13.5. The fraction of sp³-hybridized carbons (Fsp3) is 0.364. The summed E-state index contributed by atoms with van der Waals surface area (Å²) in [6.07, 6.45) is 0. The van der Waals surface area contributed by atoms with Gasteiger partial charge in [-0.1, -0.05) is 22.0 Å². The van der Waals surface area contributed by atoms with Crippen LogP contribution in [0.5, 0.6) is 0 Å². The second-order valence-corrected chi connectivity index (χ2v) is 4.50. The molecule has 1 rings (SSSR count). The van der Waals surface area contributed by atoms with Crippen molar-refractivity contribution >= 4 is 27.5 Å². The summed E-state index contributed by atoms with van der Waals surface area (Å²) in [7, 11) is 1.87. The molecule has 3 N–H and O–H groups in total. The van der Waals surface area contributed by atoms with Crippen molar-refractivity contribution in [3.63, 3.8) is 0 Å². The zero-order chi connectivity index (χ0) is 12.0. The second kappa shape index (κ2) is 6.62. The Morgan fingerprint density at radius 1 is 1.56 bits per heavy atom. The summed E-state index contributed by atoms with van der Waals surface area (Å²) >= 11 is 3.35. The predicted molar refractivity (Wildman–Crippen MR) is 69.3 cm³/mol. The Labute approximate surface area is 104 Å². The number of rotatable bonds is 5. The lowest BCUT2D eigenvalue weighted by Gasteiger charge is -2.14. The van der Waals surface area contributed by atoms with Crippen LogP contribution in [0.1, 0.15) is 0 Å². The zero-order valence-electron chi connectivity index (χ0n) is 9.24. The van der Waals surface area contributed by atoms with Crippen LogP contribution in [0, 0.1) is 0 Å². The van der Waals surface area contributed by atoms with Crippen LogP contribution in [-0.4, -0.2) is 37.5 Å². The van der Waals surface area contributed by atoms with Crippen molar-refractivity contribution in [3.8, 4) is 0 Å². The lowest BCUT2D eigenvalue weighted by molar-refractivity contribution is -0.117. The molecule has 0 aliphatic heterocycles. The first-order chi connectivity index (χ1) is 7.61. The molecule has 88 valence electrons. The number of nitrogens with one attached hydrogen (secondary N) is 1. The highest BCUT2D eigenvalue weighted by Crippen LogP contribution is 2.15. The highest BCUT2D eigenvalue weighted by Gasteiger charge is 2.05. The van der Waals surface area contributed by atoms with Crippen LogP contribution in [0.15, 0.2) is 28.7 Å². The summed E-state index contributed by atoms with van der Waals surface area (Å²) in [6.45, 7) is 1.62. The van der Waals surface area contributed by atoms with Crippen molar-refractivity contribution in [2.75, 3.05) is 32.0 Å². The van der Waals surface area contributed by atoms with Gasteiger partial charge in [0.15, 0.2) is 0 Å². The average molecular weight is 286 g/mol. The molecule has 1 amide bonds. The number of anilines is 1. The van der Waals surface area contributed by atoms with Crippen molar-refractivity contribution in [2.24, 2.45) is 5.73 Å². The summed E-state index contributed by atoms with van der Waals surface area (Å²) in [5, 5.41) is 2.82. The van der Waals surface area contributed by atoms with Gasteiger partial charge in [-0.25, -0.2) is 0 Å². The van der Waals surface area contributed by atoms with E-state index in [-0.39, 0.29) is 5.91 Å². The minimum Gasteiger partial charge on any atom is -0.329 e. The summed E-state index contributed by atoms with van der Waals surface area (Å²) in [5.41, 5.74) is 6.19. The van der Waals surface area contributed by atoms with Gasteiger partial charge in [-0.15, -0.1) is 0 Å². The third-order valence-electron chi connectivity index (χ3n) is 2.03. The maximum Gasteiger partial charge on any atom is 0.238 e. The maximum absolute atomic E-state index is 11.6. The van der Waals surface area contributed by atoms with E-state index in [0.29, 0.717) is 19.6 Å². The van der Waals surface area contributed by atoms with Crippen molar-refractivity contribution in [2.45, 2.75) is 0 Å². The molecule has 5 heteroatoms. The van der Waals surface area contributed by atoms with E-state index in [0.717, 1.165) is 10.2 Å². The lowest BCUT2D eigenvalue weighted by atomic mass is 10.3. The van der Waals surface area contributed by atoms with Crippen LogP contribution in [0.4, 0.5) is 5.69 Å². The molecule has 0 unspecified atom stereocenters. The number of likely N-dealkylation sites (N-methyl/N-ethyl adjacent to an activating group) is 1. The van der Waals surface area contributed by atoms with Crippen molar-refractivity contribution < 1.29 is 4.79 Å². The van der Waals surface area contributed by atoms with Crippen LogP contribution >= 0.6 is 15.9 Å². The van der Waals surface area contributed by atoms with E-state index in [2.05, 4.69) is 21.2 Å². The molecular weight excluding hydrogens is 270 g/mol. The Balaban J connectivity index is 2.45. The van der Waals surface area contributed by atoms with Crippen molar-refractivity contribution in [3.05, 3.63) is 28.7 Å². The van der Waals surface area contributed by atoms with Gasteiger partial charge in [0.05, 0.1) is 6.54 Å². The molecule has 0 aromatic heterocycles. The molecule has 0 aliphatic carbocycles. The summed E-state index contributed by atoms with van der Waals surface area (Å²) in [5.74, 6) is -0.0333. The average Bonchev–Trinajstić information content (AvgIpc) is 2.17. The molecular formula is C11H16BrN3O. The second-order valence-electron chi connectivity index (χ2n) is 3.58. The topological polar surface area (TPSA) is 58.4 Å². The number of hydrogen-bond acceptors (Lipinski definition) is 3. The van der Waals surface area contributed by atoms with E-state index < -0.39 is 0 Å². The van der Waals surface area contributed by atoms with Gasteiger partial charge in [-0.2, -0.15) is 0 Å². The number of hydrogen-bond donors (Lipinski definition) is 2. The van der Waals surface area contributed by atoms with Crippen LogP contribution in [0.2, 0.25) is 0 Å². The fourth-order valence-electron chi connectivity index (χ4n) is 1.31. The van der Waals surface area contributed by atoms with Gasteiger partial charge in [0.2, 0.25) is 5.91 Å². The highest BCUT2D eigenvalue weighted by atomic mass is 79.9. The van der Waals surface area contributed by atoms with Gasteiger partial charge in [0.25, 0.3) is 0 Å². The van der Waals surface area contributed by atoms with Gasteiger partial charge in [0, 0.05) is 23.2 Å². The van der Waals surface area contributed by atoms with Crippen LogP contribution in [0.3, 0.4) is 0 Å². The van der Waals surface area contributed by atoms with Crippen molar-refractivity contribution in [1.82, 2.24) is 4.90 Å². The third kappa shape index (κ3) is 4.74. The van der Waals surface area contributed by atoms with E-state index in [9.17, 15) is 4.79 Å². The van der Waals surface area contributed by atoms with Crippen LogP contribution < -0.4 is 11.1 Å². The zero-order valence-corrected chi connectivity index (χ0v) is 10.8. The Kier molecular flexibility index (Phi) is 5.45. The lowest BCUT2D eigenvalue weighted by Crippen LogP contribution is -2.33. The molecule has 1 aromatic rings. The van der Waals surface area contributed by atoms with E-state index in [1.807, 2.05) is 36.2 Å². The quantitative estimate of drug-likeness (QED) is 0.857. The standard InChI is InChI=1S/C11H16BrN3O/c1-15(6-5-13)8-11(16)14-10-4-2-3-9(12)7-10/h2-4,7H,5-6,8,13H2,1H3,(H,14,16). The number of nitrogens with zero attached hydrogens (tertiary/aromatic N) is 1. The molecule has 0 bridgehead atoms. The summed E-state index contributed by atoms with van der Waals surface area (Å²) < 4.78 is 0.945. The highest BCUT2D eigenvalue weighted by molar-refractivity contribution is 9.10. The molecule has 4 nitrogen and oxygen atoms in total. The molecule has 16 heavy (non-hydrogen) atoms. The third-order valence-corrected chi connectivity index (χ3v) is 2.53. The maximum atomic E-state index is 11.6. The van der Waals surface area contributed by atoms with E-state index >= 15 is 0 Å². The number of carbonyl (C=O) groups excluding carboxylic acids is 1.